The van der Waals surface area contributed by atoms with Crippen LogP contribution in [0.5, 0.6) is 0 Å². The molecule has 0 bridgehead atoms. The van der Waals surface area contributed by atoms with E-state index in [1.54, 1.807) is 11.3 Å². The molecule has 0 aliphatic carbocycles. The Bertz CT molecular complexity index is 467. The van der Waals surface area contributed by atoms with Gasteiger partial charge >= 0.3 is 5.97 Å². The molecular weight excluding hydrogens is 288 g/mol. The number of hydrogen-bond donors (Lipinski definition) is 1. The highest BCUT2D eigenvalue weighted by atomic mass is 32.1. The van der Waals surface area contributed by atoms with Gasteiger partial charge in [-0.15, -0.1) is 11.3 Å². The van der Waals surface area contributed by atoms with E-state index in [-0.39, 0.29) is 5.92 Å². The molecule has 1 aromatic heterocycles. The van der Waals surface area contributed by atoms with Gasteiger partial charge in [-0.1, -0.05) is 13.8 Å². The fraction of sp³-hybridized carbons (Fsp3) is 0.733. The van der Waals surface area contributed by atoms with E-state index in [9.17, 15) is 9.90 Å². The summed E-state index contributed by atoms with van der Waals surface area (Å²) in [5, 5.41) is 13.2. The quantitative estimate of drug-likeness (QED) is 0.843. The van der Waals surface area contributed by atoms with Crippen molar-refractivity contribution in [2.24, 2.45) is 5.92 Å². The smallest absolute Gasteiger partial charge is 0.334 e. The fourth-order valence-electron chi connectivity index (χ4n) is 2.63. The van der Waals surface area contributed by atoms with Gasteiger partial charge in [-0.3, -0.25) is 4.90 Å². The number of thiazole rings is 1. The predicted molar refractivity (Wildman–Crippen MR) is 82.2 cm³/mol. The number of nitrogens with zero attached hydrogens (tertiary/aromatic N) is 2. The van der Waals surface area contributed by atoms with Gasteiger partial charge in [-0.05, 0) is 31.8 Å². The number of piperidine rings is 1. The predicted octanol–water partition coefficient (Wildman–Crippen LogP) is 2.01. The van der Waals surface area contributed by atoms with Crippen molar-refractivity contribution in [1.82, 2.24) is 9.88 Å². The number of methoxy groups -OCH3 is 1. The summed E-state index contributed by atoms with van der Waals surface area (Å²) in [6.07, 6.45) is 0.651. The standard InChI is InChI=1S/C15H24N2O3S/c1-10(2)14-16-12(9-21-14)8-17-6-4-11(5-7-17)13(18)15(19)20-3/h9-11,13,18H,4-8H2,1-3H3/t13-/m0/s1. The van der Waals surface area contributed by atoms with E-state index in [0.717, 1.165) is 38.2 Å². The van der Waals surface area contributed by atoms with Crippen LogP contribution in [-0.2, 0) is 16.1 Å². The first-order valence-electron chi connectivity index (χ1n) is 7.43. The molecule has 1 N–H and O–H groups in total. The van der Waals surface area contributed by atoms with Crippen molar-refractivity contribution < 1.29 is 14.6 Å². The number of esters is 1. The van der Waals surface area contributed by atoms with Crippen LogP contribution in [0.3, 0.4) is 0 Å². The topological polar surface area (TPSA) is 62.7 Å². The van der Waals surface area contributed by atoms with Crippen molar-refractivity contribution in [3.8, 4) is 0 Å². The van der Waals surface area contributed by atoms with Gasteiger partial charge in [-0.25, -0.2) is 9.78 Å². The van der Waals surface area contributed by atoms with E-state index in [2.05, 4.69) is 33.8 Å². The molecule has 1 saturated heterocycles. The minimum absolute atomic E-state index is 0.00959. The molecule has 1 fully saturated rings. The zero-order valence-electron chi connectivity index (χ0n) is 12.9. The largest absolute Gasteiger partial charge is 0.467 e. The van der Waals surface area contributed by atoms with Crippen molar-refractivity contribution in [1.29, 1.82) is 0 Å². The molecule has 1 atom stereocenters. The molecule has 118 valence electrons. The minimum atomic E-state index is -0.982. The summed E-state index contributed by atoms with van der Waals surface area (Å²) < 4.78 is 4.60. The molecule has 2 heterocycles. The third-order valence-electron chi connectivity index (χ3n) is 3.97. The van der Waals surface area contributed by atoms with Crippen molar-refractivity contribution in [3.05, 3.63) is 16.1 Å². The molecule has 21 heavy (non-hydrogen) atoms. The van der Waals surface area contributed by atoms with E-state index in [4.69, 9.17) is 0 Å². The lowest BCUT2D eigenvalue weighted by molar-refractivity contribution is -0.154. The minimum Gasteiger partial charge on any atom is -0.467 e. The molecule has 0 aromatic carbocycles. The van der Waals surface area contributed by atoms with Crippen LogP contribution in [0.4, 0.5) is 0 Å². The zero-order valence-corrected chi connectivity index (χ0v) is 13.7. The molecule has 6 heteroatoms. The van der Waals surface area contributed by atoms with Crippen molar-refractivity contribution >= 4 is 17.3 Å². The number of hydrogen-bond acceptors (Lipinski definition) is 6. The van der Waals surface area contributed by atoms with Gasteiger partial charge in [0.05, 0.1) is 17.8 Å². The lowest BCUT2D eigenvalue weighted by Gasteiger charge is -2.32. The molecule has 1 aliphatic heterocycles. The highest BCUT2D eigenvalue weighted by Crippen LogP contribution is 2.24. The normalized spacial score (nSPS) is 18.9. The summed E-state index contributed by atoms with van der Waals surface area (Å²) in [5.41, 5.74) is 1.12. The zero-order chi connectivity index (χ0) is 15.4. The van der Waals surface area contributed by atoms with E-state index in [1.807, 2.05) is 0 Å². The summed E-state index contributed by atoms with van der Waals surface area (Å²) in [4.78, 5) is 18.3. The van der Waals surface area contributed by atoms with Crippen molar-refractivity contribution in [3.63, 3.8) is 0 Å². The van der Waals surface area contributed by atoms with E-state index in [1.165, 1.54) is 12.1 Å². The maximum atomic E-state index is 11.4. The van der Waals surface area contributed by atoms with Gasteiger partial charge in [0.2, 0.25) is 0 Å². The third kappa shape index (κ3) is 4.25. The van der Waals surface area contributed by atoms with Crippen LogP contribution in [0.25, 0.3) is 0 Å². The van der Waals surface area contributed by atoms with Gasteiger partial charge in [0.25, 0.3) is 0 Å². The SMILES string of the molecule is COC(=O)[C@@H](O)C1CCN(Cc2csc(C(C)C)n2)CC1. The summed E-state index contributed by atoms with van der Waals surface area (Å²) in [6, 6.07) is 0. The number of rotatable bonds is 5. The molecule has 1 aliphatic rings. The highest BCUT2D eigenvalue weighted by molar-refractivity contribution is 7.09. The van der Waals surface area contributed by atoms with Crippen LogP contribution < -0.4 is 0 Å². The average molecular weight is 312 g/mol. The Hall–Kier alpha value is -0.980. The molecular formula is C15H24N2O3S. The molecule has 5 nitrogen and oxygen atoms in total. The van der Waals surface area contributed by atoms with Crippen LogP contribution in [0.15, 0.2) is 5.38 Å². The van der Waals surface area contributed by atoms with Crippen molar-refractivity contribution in [2.45, 2.75) is 45.3 Å². The van der Waals surface area contributed by atoms with Crippen LogP contribution in [0.1, 0.15) is 43.3 Å². The number of ether oxygens (including phenoxy) is 1. The summed E-state index contributed by atoms with van der Waals surface area (Å²) in [6.45, 7) is 6.93. The summed E-state index contributed by atoms with van der Waals surface area (Å²) in [7, 11) is 1.31. The van der Waals surface area contributed by atoms with Crippen LogP contribution >= 0.6 is 11.3 Å². The Morgan fingerprint density at radius 3 is 2.71 bits per heavy atom. The second-order valence-corrected chi connectivity index (χ2v) is 6.80. The van der Waals surface area contributed by atoms with Gasteiger partial charge in [0.15, 0.2) is 6.10 Å². The molecule has 0 amide bonds. The Morgan fingerprint density at radius 2 is 2.19 bits per heavy atom. The van der Waals surface area contributed by atoms with E-state index < -0.39 is 12.1 Å². The van der Waals surface area contributed by atoms with Crippen molar-refractivity contribution in [2.75, 3.05) is 20.2 Å². The van der Waals surface area contributed by atoms with Gasteiger partial charge < -0.3 is 9.84 Å². The number of carbonyl (C=O) groups is 1. The maximum absolute atomic E-state index is 11.4. The van der Waals surface area contributed by atoms with Crippen LogP contribution in [0, 0.1) is 5.92 Å². The molecule has 1 aromatic rings. The van der Waals surface area contributed by atoms with Gasteiger partial charge in [0.1, 0.15) is 0 Å². The summed E-state index contributed by atoms with van der Waals surface area (Å²) >= 11 is 1.72. The number of carbonyl (C=O) groups excluding carboxylic acids is 1. The second kappa shape index (κ2) is 7.33. The first-order chi connectivity index (χ1) is 10.0. The van der Waals surface area contributed by atoms with Gasteiger partial charge in [0, 0.05) is 17.8 Å². The Balaban J connectivity index is 1.82. The van der Waals surface area contributed by atoms with Crippen LogP contribution in [-0.4, -0.2) is 47.3 Å². The molecule has 0 radical (unpaired) electrons. The molecule has 0 spiro atoms. The number of likely N-dealkylation sites (tertiary alicyclic amines) is 1. The molecule has 0 unspecified atom stereocenters. The Labute approximate surface area is 129 Å². The fourth-order valence-corrected chi connectivity index (χ4v) is 3.46. The highest BCUT2D eigenvalue weighted by Gasteiger charge is 2.30. The second-order valence-electron chi connectivity index (χ2n) is 5.91. The van der Waals surface area contributed by atoms with E-state index in [0.29, 0.717) is 5.92 Å². The third-order valence-corrected chi connectivity index (χ3v) is 5.16. The Kier molecular flexibility index (Phi) is 5.72. The van der Waals surface area contributed by atoms with Crippen LogP contribution in [0.2, 0.25) is 0 Å². The lowest BCUT2D eigenvalue weighted by atomic mass is 9.91. The monoisotopic (exact) mass is 312 g/mol. The number of aliphatic hydroxyl groups excluding tert-OH is 1. The van der Waals surface area contributed by atoms with Gasteiger partial charge in [-0.2, -0.15) is 0 Å². The first kappa shape index (κ1) is 16.4. The molecule has 0 saturated carbocycles. The average Bonchev–Trinajstić information content (AvgIpc) is 2.95. The first-order valence-corrected chi connectivity index (χ1v) is 8.31. The lowest BCUT2D eigenvalue weighted by Crippen LogP contribution is -2.40. The molecule has 2 rings (SSSR count). The Morgan fingerprint density at radius 1 is 1.52 bits per heavy atom. The maximum Gasteiger partial charge on any atom is 0.334 e. The number of aromatic nitrogens is 1. The number of aliphatic hydroxyl groups is 1. The van der Waals surface area contributed by atoms with E-state index >= 15 is 0 Å². The summed E-state index contributed by atoms with van der Waals surface area (Å²) in [5.74, 6) is -0.0328.